The van der Waals surface area contributed by atoms with Crippen molar-refractivity contribution in [1.82, 2.24) is 4.98 Å². The molecule has 0 bridgehead atoms. The number of nitrogens with one attached hydrogen (secondary N) is 1. The predicted octanol–water partition coefficient (Wildman–Crippen LogP) is 5.45. The standard InChI is InChI=1S/C26H23N3O3S2/c1-29(23-12-3-2-4-13-23)34(31,32)24-14-8-10-21(18-24)26(30)28-22-11-7-9-20(17-22)19-33-25-15-5-6-16-27-25/h2-18H,19H2,1H3,(H,28,30). The van der Waals surface area contributed by atoms with E-state index in [0.29, 0.717) is 17.1 Å². The number of carbonyl (C=O) groups excluding carboxylic acids is 1. The van der Waals surface area contributed by atoms with Crippen LogP contribution in [0.3, 0.4) is 0 Å². The van der Waals surface area contributed by atoms with Gasteiger partial charge in [0.15, 0.2) is 0 Å². The third-order valence-electron chi connectivity index (χ3n) is 5.08. The maximum Gasteiger partial charge on any atom is 0.264 e. The second-order valence-electron chi connectivity index (χ2n) is 7.45. The molecule has 0 saturated heterocycles. The van der Waals surface area contributed by atoms with Crippen LogP contribution < -0.4 is 9.62 Å². The Morgan fingerprint density at radius 2 is 1.68 bits per heavy atom. The largest absolute Gasteiger partial charge is 0.322 e. The molecule has 8 heteroatoms. The van der Waals surface area contributed by atoms with Crippen molar-refractivity contribution in [3.63, 3.8) is 0 Å². The van der Waals surface area contributed by atoms with E-state index in [-0.39, 0.29) is 16.4 Å². The van der Waals surface area contributed by atoms with Crippen molar-refractivity contribution in [2.45, 2.75) is 15.7 Å². The molecule has 34 heavy (non-hydrogen) atoms. The minimum Gasteiger partial charge on any atom is -0.322 e. The van der Waals surface area contributed by atoms with Crippen LogP contribution in [0.15, 0.2) is 113 Å². The number of aromatic nitrogens is 1. The Bertz CT molecular complexity index is 1380. The Kier molecular flexibility index (Phi) is 7.30. The van der Waals surface area contributed by atoms with Gasteiger partial charge in [0.2, 0.25) is 0 Å². The first-order valence-corrected chi connectivity index (χ1v) is 12.9. The van der Waals surface area contributed by atoms with Gasteiger partial charge in [-0.25, -0.2) is 13.4 Å². The summed E-state index contributed by atoms with van der Waals surface area (Å²) >= 11 is 1.61. The summed E-state index contributed by atoms with van der Waals surface area (Å²) in [7, 11) is -2.32. The van der Waals surface area contributed by atoms with Crippen molar-refractivity contribution >= 4 is 39.1 Å². The summed E-state index contributed by atoms with van der Waals surface area (Å²) in [6, 6.07) is 28.2. The van der Waals surface area contributed by atoms with Crippen molar-refractivity contribution in [2.75, 3.05) is 16.7 Å². The van der Waals surface area contributed by atoms with Gasteiger partial charge in [-0.3, -0.25) is 9.10 Å². The highest BCUT2D eigenvalue weighted by Crippen LogP contribution is 2.24. The molecule has 1 heterocycles. The molecule has 4 aromatic rings. The number of carbonyl (C=O) groups is 1. The summed E-state index contributed by atoms with van der Waals surface area (Å²) in [5, 5.41) is 3.79. The average Bonchev–Trinajstić information content (AvgIpc) is 2.88. The summed E-state index contributed by atoms with van der Waals surface area (Å²) in [5.74, 6) is 0.328. The molecule has 0 radical (unpaired) electrons. The topological polar surface area (TPSA) is 79.4 Å². The second-order valence-corrected chi connectivity index (χ2v) is 10.4. The van der Waals surface area contributed by atoms with E-state index in [2.05, 4.69) is 10.3 Å². The zero-order valence-electron chi connectivity index (χ0n) is 18.5. The molecule has 6 nitrogen and oxygen atoms in total. The van der Waals surface area contributed by atoms with Crippen LogP contribution in [0.1, 0.15) is 15.9 Å². The van der Waals surface area contributed by atoms with Gasteiger partial charge < -0.3 is 5.32 Å². The summed E-state index contributed by atoms with van der Waals surface area (Å²) in [6.07, 6.45) is 1.75. The van der Waals surface area contributed by atoms with Crippen LogP contribution in [-0.2, 0) is 15.8 Å². The van der Waals surface area contributed by atoms with E-state index in [9.17, 15) is 13.2 Å². The van der Waals surface area contributed by atoms with Gasteiger partial charge in [-0.2, -0.15) is 0 Å². The first-order chi connectivity index (χ1) is 16.4. The van der Waals surface area contributed by atoms with Gasteiger partial charge in [0.05, 0.1) is 15.6 Å². The zero-order chi connectivity index (χ0) is 24.0. The number of pyridine rings is 1. The van der Waals surface area contributed by atoms with E-state index in [1.54, 1.807) is 60.4 Å². The number of sulfonamides is 1. The van der Waals surface area contributed by atoms with E-state index in [1.807, 2.05) is 42.5 Å². The molecule has 0 aliphatic rings. The van der Waals surface area contributed by atoms with Crippen LogP contribution >= 0.6 is 11.8 Å². The van der Waals surface area contributed by atoms with Crippen LogP contribution in [0.2, 0.25) is 0 Å². The second kappa shape index (κ2) is 10.5. The molecule has 4 rings (SSSR count). The Labute approximate surface area is 203 Å². The summed E-state index contributed by atoms with van der Waals surface area (Å²) in [6.45, 7) is 0. The van der Waals surface area contributed by atoms with Gasteiger partial charge in [0, 0.05) is 30.2 Å². The van der Waals surface area contributed by atoms with Crippen LogP contribution in [0.25, 0.3) is 0 Å². The van der Waals surface area contributed by atoms with Crippen molar-refractivity contribution < 1.29 is 13.2 Å². The number of hydrogen-bond acceptors (Lipinski definition) is 5. The summed E-state index contributed by atoms with van der Waals surface area (Å²) in [4.78, 5) is 17.2. The fraction of sp³-hybridized carbons (Fsp3) is 0.0769. The van der Waals surface area contributed by atoms with Gasteiger partial charge in [0.1, 0.15) is 0 Å². The molecule has 0 aliphatic heterocycles. The highest BCUT2D eigenvalue weighted by molar-refractivity contribution is 7.98. The molecule has 1 amide bonds. The first kappa shape index (κ1) is 23.5. The molecule has 3 aromatic carbocycles. The first-order valence-electron chi connectivity index (χ1n) is 10.5. The lowest BCUT2D eigenvalue weighted by molar-refractivity contribution is 0.102. The van der Waals surface area contributed by atoms with Crippen LogP contribution in [0.5, 0.6) is 0 Å². The lowest BCUT2D eigenvalue weighted by Gasteiger charge is -2.19. The smallest absolute Gasteiger partial charge is 0.264 e. The molecular weight excluding hydrogens is 466 g/mol. The van der Waals surface area contributed by atoms with Crippen molar-refractivity contribution in [3.8, 4) is 0 Å². The molecule has 0 aliphatic carbocycles. The third-order valence-corrected chi connectivity index (χ3v) is 7.88. The molecular formula is C26H23N3O3S2. The number of nitrogens with zero attached hydrogens (tertiary/aromatic N) is 2. The van der Waals surface area contributed by atoms with E-state index < -0.39 is 10.0 Å². The highest BCUT2D eigenvalue weighted by atomic mass is 32.2. The third kappa shape index (κ3) is 5.65. The quantitative estimate of drug-likeness (QED) is 0.333. The minimum absolute atomic E-state index is 0.0482. The van der Waals surface area contributed by atoms with Crippen LogP contribution in [-0.4, -0.2) is 26.4 Å². The molecule has 0 spiro atoms. The van der Waals surface area contributed by atoms with E-state index in [4.69, 9.17) is 0 Å². The SMILES string of the molecule is CN(c1ccccc1)S(=O)(=O)c1cccc(C(=O)Nc2cccc(CSc3ccccn3)c2)c1. The number of hydrogen-bond donors (Lipinski definition) is 1. The van der Waals surface area contributed by atoms with E-state index in [1.165, 1.54) is 23.5 Å². The lowest BCUT2D eigenvalue weighted by atomic mass is 10.2. The fourth-order valence-corrected chi connectivity index (χ4v) is 5.31. The van der Waals surface area contributed by atoms with Gasteiger partial charge in [-0.05, 0) is 60.2 Å². The zero-order valence-corrected chi connectivity index (χ0v) is 20.1. The molecule has 172 valence electrons. The molecule has 1 aromatic heterocycles. The fourth-order valence-electron chi connectivity index (χ4n) is 3.26. The van der Waals surface area contributed by atoms with E-state index in [0.717, 1.165) is 10.6 Å². The molecule has 0 fully saturated rings. The Morgan fingerprint density at radius 1 is 0.912 bits per heavy atom. The van der Waals surface area contributed by atoms with E-state index >= 15 is 0 Å². The lowest BCUT2D eigenvalue weighted by Crippen LogP contribution is -2.26. The number of amides is 1. The minimum atomic E-state index is -3.82. The maximum absolute atomic E-state index is 13.1. The van der Waals surface area contributed by atoms with Crippen molar-refractivity contribution in [2.24, 2.45) is 0 Å². The molecule has 0 saturated carbocycles. The number of anilines is 2. The Hall–Kier alpha value is -3.62. The number of thioether (sulfide) groups is 1. The molecule has 0 atom stereocenters. The molecule has 0 unspecified atom stereocenters. The summed E-state index contributed by atoms with van der Waals surface area (Å²) < 4.78 is 27.4. The molecule has 1 N–H and O–H groups in total. The normalized spacial score (nSPS) is 11.1. The van der Waals surface area contributed by atoms with Crippen LogP contribution in [0, 0.1) is 0 Å². The number of benzene rings is 3. The predicted molar refractivity (Wildman–Crippen MR) is 137 cm³/mol. The number of rotatable bonds is 8. The Morgan fingerprint density at radius 3 is 2.44 bits per heavy atom. The average molecular weight is 490 g/mol. The summed E-state index contributed by atoms with van der Waals surface area (Å²) in [5.41, 5.74) is 2.47. The monoisotopic (exact) mass is 489 g/mol. The highest BCUT2D eigenvalue weighted by Gasteiger charge is 2.22. The van der Waals surface area contributed by atoms with Gasteiger partial charge >= 0.3 is 0 Å². The van der Waals surface area contributed by atoms with Crippen molar-refractivity contribution in [1.29, 1.82) is 0 Å². The maximum atomic E-state index is 13.1. The van der Waals surface area contributed by atoms with Crippen LogP contribution in [0.4, 0.5) is 11.4 Å². The van der Waals surface area contributed by atoms with Gasteiger partial charge in [-0.1, -0.05) is 42.5 Å². The van der Waals surface area contributed by atoms with Gasteiger partial charge in [-0.15, -0.1) is 11.8 Å². The Balaban J connectivity index is 1.47. The van der Waals surface area contributed by atoms with Crippen molar-refractivity contribution in [3.05, 3.63) is 114 Å². The van der Waals surface area contributed by atoms with Gasteiger partial charge in [0.25, 0.3) is 15.9 Å². The number of para-hydroxylation sites is 1.